The van der Waals surface area contributed by atoms with E-state index < -0.39 is 0 Å². The van der Waals surface area contributed by atoms with Crippen LogP contribution in [0, 0.1) is 32.6 Å². The number of carbonyl (C=O) groups excluding carboxylic acids is 1. The third kappa shape index (κ3) is 5.60. The van der Waals surface area contributed by atoms with E-state index in [2.05, 4.69) is 20.5 Å². The van der Waals surface area contributed by atoms with Gasteiger partial charge in [0.1, 0.15) is 0 Å². The Hall–Kier alpha value is -2.34. The zero-order chi connectivity index (χ0) is 22.7. The Bertz CT molecular complexity index is 961. The molecule has 0 saturated heterocycles. The van der Waals surface area contributed by atoms with Crippen LogP contribution >= 0.6 is 12.4 Å². The monoisotopic (exact) mass is 471 g/mol. The summed E-state index contributed by atoms with van der Waals surface area (Å²) in [6, 6.07) is 1.97. The Morgan fingerprint density at radius 3 is 2.06 bits per heavy atom. The Balaban J connectivity index is 0.00000306. The van der Waals surface area contributed by atoms with E-state index in [4.69, 9.17) is 5.73 Å². The molecule has 2 aromatic heterocycles. The number of anilines is 1. The van der Waals surface area contributed by atoms with Crippen LogP contribution in [0.3, 0.4) is 0 Å². The highest BCUT2D eigenvalue weighted by Crippen LogP contribution is 2.40. The number of hydrogen-bond donors (Lipinski definition) is 3. The molecule has 4 rings (SSSR count). The topological polar surface area (TPSA) is 96.7 Å². The molecule has 180 valence electrons. The molecular formula is C26H38ClN5O. The van der Waals surface area contributed by atoms with Crippen LogP contribution in [-0.4, -0.2) is 21.1 Å². The van der Waals surface area contributed by atoms with Crippen LogP contribution in [0.2, 0.25) is 0 Å². The van der Waals surface area contributed by atoms with E-state index >= 15 is 0 Å². The number of rotatable bonds is 5. The Kier molecular flexibility index (Phi) is 8.57. The molecule has 2 heterocycles. The highest BCUT2D eigenvalue weighted by molar-refractivity contribution is 6.03. The molecule has 0 spiro atoms. The van der Waals surface area contributed by atoms with Gasteiger partial charge in [-0.3, -0.25) is 14.9 Å². The van der Waals surface area contributed by atoms with E-state index in [0.717, 1.165) is 28.2 Å². The van der Waals surface area contributed by atoms with E-state index in [0.29, 0.717) is 23.2 Å². The second kappa shape index (κ2) is 11.2. The molecule has 0 unspecified atom stereocenters. The molecule has 0 bridgehead atoms. The van der Waals surface area contributed by atoms with Crippen molar-refractivity contribution in [2.45, 2.75) is 85.0 Å². The zero-order valence-electron chi connectivity index (χ0n) is 20.2. The first-order chi connectivity index (χ1) is 15.5. The highest BCUT2D eigenvalue weighted by atomic mass is 35.5. The third-order valence-electron chi connectivity index (χ3n) is 7.35. The van der Waals surface area contributed by atoms with Crippen molar-refractivity contribution in [2.75, 3.05) is 5.32 Å². The number of H-pyrrole nitrogens is 1. The average molecular weight is 472 g/mol. The molecule has 4 N–H and O–H groups in total. The quantitative estimate of drug-likeness (QED) is 0.457. The summed E-state index contributed by atoms with van der Waals surface area (Å²) in [4.78, 5) is 17.9. The van der Waals surface area contributed by atoms with Gasteiger partial charge in [0.15, 0.2) is 0 Å². The fraction of sp³-hybridized carbons (Fsp3) is 0.577. The number of aromatic amines is 1. The first-order valence-electron chi connectivity index (χ1n) is 12.2. The van der Waals surface area contributed by atoms with Crippen molar-refractivity contribution < 1.29 is 4.79 Å². The number of halogens is 1. The molecule has 2 saturated carbocycles. The van der Waals surface area contributed by atoms with Crippen LogP contribution in [0.5, 0.6) is 0 Å². The number of nitrogens with zero attached hydrogens (tertiary/aromatic N) is 2. The van der Waals surface area contributed by atoms with Crippen LogP contribution in [0.25, 0.3) is 11.3 Å². The molecule has 2 aliphatic carbocycles. The van der Waals surface area contributed by atoms with Crippen molar-refractivity contribution >= 4 is 24.0 Å². The molecule has 2 aliphatic rings. The summed E-state index contributed by atoms with van der Waals surface area (Å²) in [6.45, 7) is 5.98. The summed E-state index contributed by atoms with van der Waals surface area (Å²) in [5.74, 6) is 0.750. The van der Waals surface area contributed by atoms with Gasteiger partial charge in [-0.05, 0) is 75.5 Å². The van der Waals surface area contributed by atoms with Crippen molar-refractivity contribution in [1.29, 1.82) is 0 Å². The number of hydrogen-bond acceptors (Lipinski definition) is 4. The molecule has 0 aromatic carbocycles. The standard InChI is InChI=1S/C26H37N5O.ClH/c1-16-14-21(15-28-25(16)22-17(2)30-31-18(22)3)29-26(32)24(27)23(19-10-6-4-7-11-19)20-12-8-5-9-13-20;/h14-15,19-20H,4-13,27H2,1-3H3,(H,29,32)(H,30,31);1H. The molecule has 1 amide bonds. The van der Waals surface area contributed by atoms with Gasteiger partial charge in [-0.15, -0.1) is 12.4 Å². The first kappa shape index (κ1) is 25.3. The number of amides is 1. The number of nitrogens with one attached hydrogen (secondary N) is 2. The summed E-state index contributed by atoms with van der Waals surface area (Å²) in [5.41, 5.74) is 13.8. The lowest BCUT2D eigenvalue weighted by Crippen LogP contribution is -2.29. The van der Waals surface area contributed by atoms with Crippen LogP contribution < -0.4 is 11.1 Å². The molecule has 7 heteroatoms. The van der Waals surface area contributed by atoms with E-state index in [1.54, 1.807) is 6.20 Å². The number of carbonyl (C=O) groups is 1. The summed E-state index contributed by atoms with van der Waals surface area (Å²) in [7, 11) is 0. The van der Waals surface area contributed by atoms with Crippen molar-refractivity contribution in [3.8, 4) is 11.3 Å². The largest absolute Gasteiger partial charge is 0.394 e. The fourth-order valence-electron chi connectivity index (χ4n) is 5.73. The predicted octanol–water partition coefficient (Wildman–Crippen LogP) is 6.13. The third-order valence-corrected chi connectivity index (χ3v) is 7.35. The lowest BCUT2D eigenvalue weighted by Gasteiger charge is -2.33. The molecule has 0 aliphatic heterocycles. The van der Waals surface area contributed by atoms with Gasteiger partial charge in [-0.2, -0.15) is 5.10 Å². The second-order valence-corrected chi connectivity index (χ2v) is 9.69. The average Bonchev–Trinajstić information content (AvgIpc) is 3.13. The van der Waals surface area contributed by atoms with Gasteiger partial charge < -0.3 is 11.1 Å². The molecule has 2 aromatic rings. The molecular weight excluding hydrogens is 434 g/mol. The van der Waals surface area contributed by atoms with E-state index in [9.17, 15) is 4.79 Å². The van der Waals surface area contributed by atoms with E-state index in [1.807, 2.05) is 26.8 Å². The summed E-state index contributed by atoms with van der Waals surface area (Å²) in [5, 5.41) is 10.3. The van der Waals surface area contributed by atoms with Crippen molar-refractivity contribution in [2.24, 2.45) is 17.6 Å². The van der Waals surface area contributed by atoms with Crippen LogP contribution in [0.4, 0.5) is 5.69 Å². The maximum Gasteiger partial charge on any atom is 0.271 e. The Morgan fingerprint density at radius 1 is 1.00 bits per heavy atom. The minimum atomic E-state index is -0.180. The van der Waals surface area contributed by atoms with Crippen LogP contribution in [0.1, 0.15) is 81.2 Å². The zero-order valence-corrected chi connectivity index (χ0v) is 21.0. The summed E-state index contributed by atoms with van der Waals surface area (Å²) in [6.07, 6.45) is 14.0. The highest BCUT2D eigenvalue weighted by Gasteiger charge is 2.30. The predicted molar refractivity (Wildman–Crippen MR) is 136 cm³/mol. The van der Waals surface area contributed by atoms with Gasteiger partial charge in [0.05, 0.1) is 29.0 Å². The fourth-order valence-corrected chi connectivity index (χ4v) is 5.73. The van der Waals surface area contributed by atoms with Crippen molar-refractivity contribution in [3.05, 3.63) is 40.5 Å². The van der Waals surface area contributed by atoms with Crippen molar-refractivity contribution in [3.63, 3.8) is 0 Å². The smallest absolute Gasteiger partial charge is 0.271 e. The number of aromatic nitrogens is 3. The molecule has 0 radical (unpaired) electrons. The second-order valence-electron chi connectivity index (χ2n) is 9.69. The lowest BCUT2D eigenvalue weighted by atomic mass is 9.73. The maximum atomic E-state index is 13.2. The van der Waals surface area contributed by atoms with Gasteiger partial charge in [0.25, 0.3) is 5.91 Å². The minimum absolute atomic E-state index is 0. The first-order valence-corrected chi connectivity index (χ1v) is 12.2. The number of pyridine rings is 1. The number of nitrogens with two attached hydrogens (primary N) is 1. The van der Waals surface area contributed by atoms with Gasteiger partial charge in [0, 0.05) is 11.3 Å². The molecule has 33 heavy (non-hydrogen) atoms. The summed E-state index contributed by atoms with van der Waals surface area (Å²) >= 11 is 0. The van der Waals surface area contributed by atoms with Gasteiger partial charge in [0.2, 0.25) is 0 Å². The lowest BCUT2D eigenvalue weighted by molar-refractivity contribution is -0.113. The molecule has 2 fully saturated rings. The minimum Gasteiger partial charge on any atom is -0.394 e. The normalized spacial score (nSPS) is 17.3. The van der Waals surface area contributed by atoms with Gasteiger partial charge in [-0.1, -0.05) is 38.5 Å². The maximum absolute atomic E-state index is 13.2. The molecule has 6 nitrogen and oxygen atoms in total. The van der Waals surface area contributed by atoms with Gasteiger partial charge >= 0.3 is 0 Å². The summed E-state index contributed by atoms with van der Waals surface area (Å²) < 4.78 is 0. The number of allylic oxidation sites excluding steroid dienone is 1. The van der Waals surface area contributed by atoms with E-state index in [-0.39, 0.29) is 18.3 Å². The van der Waals surface area contributed by atoms with Gasteiger partial charge in [-0.25, -0.2) is 0 Å². The van der Waals surface area contributed by atoms with Crippen LogP contribution in [0.15, 0.2) is 23.5 Å². The van der Waals surface area contributed by atoms with Crippen LogP contribution in [-0.2, 0) is 4.79 Å². The van der Waals surface area contributed by atoms with E-state index in [1.165, 1.54) is 69.8 Å². The van der Waals surface area contributed by atoms with Crippen molar-refractivity contribution in [1.82, 2.24) is 15.2 Å². The Morgan fingerprint density at radius 2 is 1.58 bits per heavy atom. The molecule has 0 atom stereocenters. The Labute approximate surface area is 203 Å². The SMILES string of the molecule is Cc1cc(NC(=O)C(N)=C(C2CCCCC2)C2CCCCC2)cnc1-c1c(C)n[nH]c1C.Cl. The number of aryl methyl sites for hydroxylation is 3.